The van der Waals surface area contributed by atoms with Crippen molar-refractivity contribution in [1.29, 1.82) is 0 Å². The van der Waals surface area contributed by atoms with E-state index >= 15 is 0 Å². The van der Waals surface area contributed by atoms with Crippen LogP contribution in [0.5, 0.6) is 0 Å². The Morgan fingerprint density at radius 2 is 0.829 bits per heavy atom. The van der Waals surface area contributed by atoms with Gasteiger partial charge in [-0.1, -0.05) is 146 Å². The summed E-state index contributed by atoms with van der Waals surface area (Å²) in [5.41, 5.74) is 11.7. The molecule has 41 heavy (non-hydrogen) atoms. The van der Waals surface area contributed by atoms with Crippen LogP contribution in [-0.2, 0) is 0 Å². The number of rotatable bonds is 10. The molecule has 217 valence electrons. The Bertz CT molecular complexity index is 1120. The minimum absolute atomic E-state index is 0. The molecule has 0 aromatic rings. The van der Waals surface area contributed by atoms with Gasteiger partial charge in [-0.25, -0.2) is 0 Å². The standard InChI is InChI=1S/C40H56.K/c1-31(19-13-21-33(3)25-27-37-35(5)23-15-29-39(37,7)8)17-11-12-18-32(2)20-14-22-34(4)26-28-38-36(6)24-16-30-40(38,9)10;/h11-14,17-22,25-28H,15-16,23-24,29-30H2,1-10H3;/b12-11+,19-13+,20-14+,27-25+,28-26+,31-17+,32-18+,33-21+,34-22+;. The van der Waals surface area contributed by atoms with E-state index in [1.807, 2.05) is 0 Å². The summed E-state index contributed by atoms with van der Waals surface area (Å²) in [6.07, 6.45) is 38.4. The molecule has 0 heterocycles. The first kappa shape index (κ1) is 37.8. The molecular formula is C40H56K. The van der Waals surface area contributed by atoms with Crippen LogP contribution in [0.4, 0.5) is 0 Å². The van der Waals surface area contributed by atoms with Crippen LogP contribution >= 0.6 is 0 Å². The van der Waals surface area contributed by atoms with Gasteiger partial charge in [0.05, 0.1) is 0 Å². The van der Waals surface area contributed by atoms with E-state index in [4.69, 9.17) is 0 Å². The van der Waals surface area contributed by atoms with Gasteiger partial charge in [0, 0.05) is 51.4 Å². The monoisotopic (exact) mass is 575 g/mol. The third kappa shape index (κ3) is 13.7. The third-order valence-corrected chi connectivity index (χ3v) is 8.38. The molecule has 0 aromatic heterocycles. The van der Waals surface area contributed by atoms with Crippen LogP contribution in [0.25, 0.3) is 0 Å². The summed E-state index contributed by atoms with van der Waals surface area (Å²) in [5.74, 6) is 0. The summed E-state index contributed by atoms with van der Waals surface area (Å²) >= 11 is 0. The van der Waals surface area contributed by atoms with E-state index in [-0.39, 0.29) is 51.4 Å². The van der Waals surface area contributed by atoms with Crippen molar-refractivity contribution in [2.45, 2.75) is 108 Å². The van der Waals surface area contributed by atoms with E-state index in [0.717, 1.165) is 0 Å². The molecule has 0 aromatic carbocycles. The van der Waals surface area contributed by atoms with Crippen molar-refractivity contribution in [2.75, 3.05) is 0 Å². The molecule has 0 bridgehead atoms. The summed E-state index contributed by atoms with van der Waals surface area (Å²) in [6, 6.07) is 0. The van der Waals surface area contributed by atoms with Crippen molar-refractivity contribution in [3.63, 3.8) is 0 Å². The van der Waals surface area contributed by atoms with Gasteiger partial charge in [-0.15, -0.1) is 0 Å². The molecule has 0 spiro atoms. The van der Waals surface area contributed by atoms with Gasteiger partial charge in [-0.3, -0.25) is 0 Å². The van der Waals surface area contributed by atoms with Crippen LogP contribution in [0.1, 0.15) is 108 Å². The Morgan fingerprint density at radius 3 is 1.17 bits per heavy atom. The van der Waals surface area contributed by atoms with Crippen LogP contribution in [0, 0.1) is 10.8 Å². The zero-order valence-electron chi connectivity index (χ0n) is 28.3. The second kappa shape index (κ2) is 18.4. The molecule has 0 N–H and O–H groups in total. The third-order valence-electron chi connectivity index (χ3n) is 8.38. The summed E-state index contributed by atoms with van der Waals surface area (Å²) in [5, 5.41) is 0. The molecule has 0 aliphatic heterocycles. The topological polar surface area (TPSA) is 0 Å². The molecule has 2 aliphatic carbocycles. The van der Waals surface area contributed by atoms with Crippen LogP contribution in [-0.4, -0.2) is 51.4 Å². The maximum absolute atomic E-state index is 2.37. The van der Waals surface area contributed by atoms with Gasteiger partial charge in [-0.05, 0) is 102 Å². The Kier molecular flexibility index (Phi) is 17.0. The maximum Gasteiger partial charge on any atom is 0 e. The van der Waals surface area contributed by atoms with E-state index in [9.17, 15) is 0 Å². The Morgan fingerprint density at radius 1 is 0.512 bits per heavy atom. The molecule has 1 heteroatoms. The van der Waals surface area contributed by atoms with Gasteiger partial charge in [0.1, 0.15) is 0 Å². The predicted molar refractivity (Wildman–Crippen MR) is 187 cm³/mol. The van der Waals surface area contributed by atoms with Crippen LogP contribution in [0.15, 0.2) is 130 Å². The minimum Gasteiger partial charge on any atom is -0.0696 e. The fourth-order valence-corrected chi connectivity index (χ4v) is 5.79. The molecule has 0 amide bonds. The first-order chi connectivity index (χ1) is 18.8. The molecule has 0 atom stereocenters. The molecule has 0 unspecified atom stereocenters. The molecule has 1 radical (unpaired) electrons. The minimum atomic E-state index is 0. The number of allylic oxidation sites excluding steroid dienone is 22. The molecule has 0 saturated heterocycles. The Hall–Kier alpha value is -1.22. The molecule has 2 rings (SSSR count). The molecule has 0 fully saturated rings. The van der Waals surface area contributed by atoms with Gasteiger partial charge in [0.2, 0.25) is 0 Å². The predicted octanol–water partition coefficient (Wildman–Crippen LogP) is 12.2. The van der Waals surface area contributed by atoms with E-state index < -0.39 is 0 Å². The number of hydrogen-bond acceptors (Lipinski definition) is 0. The largest absolute Gasteiger partial charge is 0.0696 e. The van der Waals surface area contributed by atoms with Crippen LogP contribution in [0.3, 0.4) is 0 Å². The summed E-state index contributed by atoms with van der Waals surface area (Å²) in [6.45, 7) is 22.7. The Labute approximate surface area is 296 Å². The maximum atomic E-state index is 2.37. The first-order valence-electron chi connectivity index (χ1n) is 15.3. The molecule has 0 nitrogen and oxygen atoms in total. The molecular weight excluding hydrogens is 520 g/mol. The average Bonchev–Trinajstić information content (AvgIpc) is 2.85. The second-order valence-electron chi connectivity index (χ2n) is 13.3. The summed E-state index contributed by atoms with van der Waals surface area (Å²) in [7, 11) is 0. The van der Waals surface area contributed by atoms with Crippen molar-refractivity contribution >= 4 is 51.4 Å². The van der Waals surface area contributed by atoms with E-state index in [1.54, 1.807) is 11.1 Å². The summed E-state index contributed by atoms with van der Waals surface area (Å²) in [4.78, 5) is 0. The van der Waals surface area contributed by atoms with E-state index in [0.29, 0.717) is 10.8 Å². The normalized spacial score (nSPS) is 21.4. The zero-order chi connectivity index (χ0) is 29.8. The van der Waals surface area contributed by atoms with Crippen molar-refractivity contribution < 1.29 is 0 Å². The summed E-state index contributed by atoms with van der Waals surface area (Å²) < 4.78 is 0. The van der Waals surface area contributed by atoms with E-state index in [1.165, 1.54) is 72.0 Å². The second-order valence-corrected chi connectivity index (χ2v) is 13.3. The SMILES string of the molecule is CC1=C(/C=C/C(C)=C/C=C/C(C)=C/C=C/C=C(C)/C=C/C=C(C)/C=C/C2=C(C)CCCC2(C)C)C(C)(C)CCC1.[K]. The first-order valence-corrected chi connectivity index (χ1v) is 15.3. The van der Waals surface area contributed by atoms with Crippen molar-refractivity contribution in [3.8, 4) is 0 Å². The average molecular weight is 576 g/mol. The van der Waals surface area contributed by atoms with E-state index in [2.05, 4.69) is 154 Å². The fraction of sp³-hybridized carbons (Fsp3) is 0.450. The molecule has 0 saturated carbocycles. The van der Waals surface area contributed by atoms with Crippen molar-refractivity contribution in [1.82, 2.24) is 0 Å². The van der Waals surface area contributed by atoms with Gasteiger partial charge >= 0.3 is 0 Å². The fourth-order valence-electron chi connectivity index (χ4n) is 5.79. The molecule has 2 aliphatic rings. The van der Waals surface area contributed by atoms with Gasteiger partial charge in [0.15, 0.2) is 0 Å². The van der Waals surface area contributed by atoms with Gasteiger partial charge in [0.25, 0.3) is 0 Å². The van der Waals surface area contributed by atoms with Gasteiger partial charge < -0.3 is 0 Å². The van der Waals surface area contributed by atoms with Crippen LogP contribution < -0.4 is 0 Å². The van der Waals surface area contributed by atoms with Crippen molar-refractivity contribution in [3.05, 3.63) is 130 Å². The smallest absolute Gasteiger partial charge is 0 e. The zero-order valence-corrected chi connectivity index (χ0v) is 31.4. The van der Waals surface area contributed by atoms with Crippen molar-refractivity contribution in [2.24, 2.45) is 10.8 Å². The number of hydrogen-bond donors (Lipinski definition) is 0. The Balaban J connectivity index is 0.00000840. The quantitative estimate of drug-likeness (QED) is 0.179. The van der Waals surface area contributed by atoms with Crippen LogP contribution in [0.2, 0.25) is 0 Å². The van der Waals surface area contributed by atoms with Gasteiger partial charge in [-0.2, -0.15) is 0 Å².